The summed E-state index contributed by atoms with van der Waals surface area (Å²) in [5, 5.41) is 0. The Morgan fingerprint density at radius 1 is 0.613 bits per heavy atom. The zero-order chi connectivity index (χ0) is 22.7. The number of rotatable bonds is 22. The van der Waals surface area contributed by atoms with Crippen LogP contribution in [0.5, 0.6) is 0 Å². The molecule has 0 aromatic carbocycles. The maximum atomic E-state index is 10.9. The normalized spacial score (nSPS) is 12.3. The van der Waals surface area contributed by atoms with E-state index in [4.69, 9.17) is 13.8 Å². The van der Waals surface area contributed by atoms with E-state index < -0.39 is 37.8 Å². The van der Waals surface area contributed by atoms with Gasteiger partial charge in [0, 0.05) is 6.61 Å². The summed E-state index contributed by atoms with van der Waals surface area (Å²) in [6, 6.07) is 0. The van der Waals surface area contributed by atoms with E-state index >= 15 is 0 Å². The Hall–Kier alpha value is 0.780. The minimum Gasteiger partial charge on any atom is -1.00 e. The predicted octanol–water partition coefficient (Wildman–Crippen LogP) is 2.53. The average molecular weight is 497 g/mol. The van der Waals surface area contributed by atoms with Gasteiger partial charge in [0.25, 0.3) is 20.2 Å². The van der Waals surface area contributed by atoms with Crippen LogP contribution < -0.4 is 29.6 Å². The first-order valence-corrected chi connectivity index (χ1v) is 14.9. The van der Waals surface area contributed by atoms with E-state index in [0.717, 1.165) is 19.3 Å². The Labute approximate surface area is 214 Å². The first-order valence-electron chi connectivity index (χ1n) is 11.7. The van der Waals surface area contributed by atoms with Gasteiger partial charge in [0.05, 0.1) is 6.10 Å². The third-order valence-electron chi connectivity index (χ3n) is 5.14. The molecule has 0 spiro atoms. The minimum atomic E-state index is -4.37. The van der Waals surface area contributed by atoms with Crippen LogP contribution in [0.1, 0.15) is 111 Å². The number of unbranched alkanes of at least 4 members (excludes halogenated alkanes) is 15. The van der Waals surface area contributed by atoms with E-state index in [2.05, 4.69) is 6.92 Å². The molecule has 0 atom stereocenters. The smallest absolute Gasteiger partial charge is 1.00 e. The molecule has 0 aliphatic carbocycles. The standard InChI is InChI=1S/C21H44O7S2.Na.H/c1-2-3-4-5-6-7-8-9-10-11-12-13-14-15-16-17-18-28-21(19-29(22,23)24)20-30(25,26)27;;/h21H,2-20H2,1H3,(H,22,23,24)(H,25,26,27);;/q;+1;-1. The van der Waals surface area contributed by atoms with Gasteiger partial charge in [-0.05, 0) is 6.42 Å². The van der Waals surface area contributed by atoms with Crippen LogP contribution in [0.2, 0.25) is 0 Å². The number of hydrogen-bond acceptors (Lipinski definition) is 5. The molecule has 0 saturated carbocycles. The van der Waals surface area contributed by atoms with Crippen LogP contribution in [0.4, 0.5) is 0 Å². The van der Waals surface area contributed by atoms with Gasteiger partial charge in [-0.25, -0.2) is 0 Å². The minimum absolute atomic E-state index is 0. The van der Waals surface area contributed by atoms with Gasteiger partial charge < -0.3 is 6.16 Å². The molecule has 0 aliphatic rings. The number of ether oxygens (including phenoxy) is 1. The maximum Gasteiger partial charge on any atom is 1.00 e. The molecule has 0 unspecified atom stereocenters. The Balaban J connectivity index is -0.00000420. The van der Waals surface area contributed by atoms with Crippen LogP contribution in [0, 0.1) is 0 Å². The van der Waals surface area contributed by atoms with Gasteiger partial charge in [0.1, 0.15) is 11.5 Å². The summed E-state index contributed by atoms with van der Waals surface area (Å²) in [4.78, 5) is 0. The quantitative estimate of drug-likeness (QED) is 0.134. The molecule has 0 amide bonds. The van der Waals surface area contributed by atoms with Crippen LogP contribution in [0.15, 0.2) is 0 Å². The molecular weight excluding hydrogens is 451 g/mol. The van der Waals surface area contributed by atoms with Crippen molar-refractivity contribution >= 4 is 20.2 Å². The van der Waals surface area contributed by atoms with E-state index in [-0.39, 0.29) is 37.6 Å². The van der Waals surface area contributed by atoms with Crippen molar-refractivity contribution in [3.05, 3.63) is 0 Å². The molecule has 0 saturated heterocycles. The Morgan fingerprint density at radius 2 is 0.903 bits per heavy atom. The Bertz CT molecular complexity index is 567. The third kappa shape index (κ3) is 28.7. The monoisotopic (exact) mass is 496 g/mol. The van der Waals surface area contributed by atoms with Crippen LogP contribution in [0.3, 0.4) is 0 Å². The zero-order valence-electron chi connectivity index (χ0n) is 20.8. The Morgan fingerprint density at radius 3 is 1.19 bits per heavy atom. The van der Waals surface area contributed by atoms with Gasteiger partial charge >= 0.3 is 29.6 Å². The average Bonchev–Trinajstić information content (AvgIpc) is 2.61. The van der Waals surface area contributed by atoms with E-state index in [1.165, 1.54) is 77.0 Å². The second-order valence-electron chi connectivity index (χ2n) is 8.29. The van der Waals surface area contributed by atoms with Gasteiger partial charge in [-0.15, -0.1) is 0 Å². The van der Waals surface area contributed by atoms with Gasteiger partial charge in [0.15, 0.2) is 0 Å². The summed E-state index contributed by atoms with van der Waals surface area (Å²) in [5.41, 5.74) is 0. The fourth-order valence-electron chi connectivity index (χ4n) is 3.51. The third-order valence-corrected chi connectivity index (χ3v) is 6.73. The first kappa shape index (κ1) is 34.0. The topological polar surface area (TPSA) is 118 Å². The van der Waals surface area contributed by atoms with Crippen molar-refractivity contribution in [2.75, 3.05) is 18.1 Å². The Kier molecular flexibility index (Phi) is 23.4. The summed E-state index contributed by atoms with van der Waals surface area (Å²) in [6.45, 7) is 2.45. The largest absolute Gasteiger partial charge is 1.00 e. The molecule has 2 N–H and O–H groups in total. The van der Waals surface area contributed by atoms with Crippen LogP contribution in [-0.4, -0.2) is 50.2 Å². The van der Waals surface area contributed by atoms with Gasteiger partial charge in [-0.1, -0.05) is 103 Å². The van der Waals surface area contributed by atoms with Crippen LogP contribution in [-0.2, 0) is 25.0 Å². The molecule has 0 aromatic rings. The second kappa shape index (κ2) is 21.3. The molecule has 0 bridgehead atoms. The van der Waals surface area contributed by atoms with Crippen molar-refractivity contribution in [1.29, 1.82) is 0 Å². The molecule has 0 aromatic heterocycles. The van der Waals surface area contributed by atoms with Crippen molar-refractivity contribution in [1.82, 2.24) is 0 Å². The second-order valence-corrected chi connectivity index (χ2v) is 11.3. The predicted molar refractivity (Wildman–Crippen MR) is 123 cm³/mol. The zero-order valence-corrected chi connectivity index (χ0v) is 23.4. The van der Waals surface area contributed by atoms with E-state index in [1.807, 2.05) is 0 Å². The summed E-state index contributed by atoms with van der Waals surface area (Å²) in [5.74, 6) is -1.68. The van der Waals surface area contributed by atoms with E-state index in [1.54, 1.807) is 0 Å². The number of hydrogen-bond donors (Lipinski definition) is 2. The van der Waals surface area contributed by atoms with Crippen molar-refractivity contribution in [2.45, 2.75) is 116 Å². The molecule has 7 nitrogen and oxygen atoms in total. The molecule has 0 radical (unpaired) electrons. The fourth-order valence-corrected chi connectivity index (χ4v) is 5.03. The van der Waals surface area contributed by atoms with E-state index in [9.17, 15) is 16.8 Å². The molecule has 0 fully saturated rings. The van der Waals surface area contributed by atoms with Gasteiger partial charge in [-0.3, -0.25) is 9.11 Å². The van der Waals surface area contributed by atoms with Crippen LogP contribution >= 0.6 is 0 Å². The van der Waals surface area contributed by atoms with Crippen molar-refractivity contribution < 1.29 is 61.7 Å². The van der Waals surface area contributed by atoms with Crippen LogP contribution in [0.25, 0.3) is 0 Å². The fraction of sp³-hybridized carbons (Fsp3) is 1.00. The molecule has 0 rings (SSSR count). The van der Waals surface area contributed by atoms with Gasteiger partial charge in [0.2, 0.25) is 0 Å². The van der Waals surface area contributed by atoms with E-state index in [0.29, 0.717) is 6.42 Å². The molecule has 0 heterocycles. The van der Waals surface area contributed by atoms with Gasteiger partial charge in [-0.2, -0.15) is 16.8 Å². The molecule has 31 heavy (non-hydrogen) atoms. The first-order chi connectivity index (χ1) is 14.1. The molecule has 0 aliphatic heterocycles. The molecule has 10 heteroatoms. The van der Waals surface area contributed by atoms with Crippen molar-refractivity contribution in [2.24, 2.45) is 0 Å². The molecule has 184 valence electrons. The maximum absolute atomic E-state index is 10.9. The molecular formula is C21H45NaO7S2. The van der Waals surface area contributed by atoms with Crippen molar-refractivity contribution in [3.63, 3.8) is 0 Å². The summed E-state index contributed by atoms with van der Waals surface area (Å²) in [7, 11) is -8.74. The summed E-state index contributed by atoms with van der Waals surface area (Å²) in [6.07, 6.45) is 18.6. The summed E-state index contributed by atoms with van der Waals surface area (Å²) < 4.78 is 66.6. The SMILES string of the molecule is CCCCCCCCCCCCCCCCCCOC(CS(=O)(=O)O)CS(=O)(=O)O.[H-].[Na+]. The van der Waals surface area contributed by atoms with Crippen molar-refractivity contribution in [3.8, 4) is 0 Å². The summed E-state index contributed by atoms with van der Waals surface area (Å²) >= 11 is 0.